The normalized spacial score (nSPS) is 10.8. The summed E-state index contributed by atoms with van der Waals surface area (Å²) in [5.74, 6) is -0.605. The third-order valence-electron chi connectivity index (χ3n) is 2.83. The summed E-state index contributed by atoms with van der Waals surface area (Å²) >= 11 is 0. The molecule has 0 saturated heterocycles. The Hall–Kier alpha value is -2.90. The summed E-state index contributed by atoms with van der Waals surface area (Å²) in [6, 6.07) is 7.62. The van der Waals surface area contributed by atoms with Gasteiger partial charge in [0.2, 0.25) is 5.69 Å². The first kappa shape index (κ1) is 14.5. The molecule has 2 rings (SSSR count). The SMILES string of the molecule is Cc1c(C(=O)N/N=C\c2ccc(N(C)C)cc2)no[n+]1[O-]. The van der Waals surface area contributed by atoms with Crippen LogP contribution in [0.1, 0.15) is 21.7 Å². The van der Waals surface area contributed by atoms with Crippen LogP contribution in [0.3, 0.4) is 0 Å². The number of nitrogens with one attached hydrogen (secondary N) is 1. The molecule has 8 heteroatoms. The smallest absolute Gasteiger partial charge is 0.322 e. The molecule has 8 nitrogen and oxygen atoms in total. The van der Waals surface area contributed by atoms with Crippen molar-refractivity contribution < 1.29 is 14.3 Å². The highest BCUT2D eigenvalue weighted by molar-refractivity contribution is 5.93. The van der Waals surface area contributed by atoms with Gasteiger partial charge in [-0.2, -0.15) is 5.10 Å². The van der Waals surface area contributed by atoms with Gasteiger partial charge in [0.05, 0.1) is 11.4 Å². The van der Waals surface area contributed by atoms with Crippen LogP contribution in [0.4, 0.5) is 5.69 Å². The molecule has 0 saturated carbocycles. The van der Waals surface area contributed by atoms with E-state index in [-0.39, 0.29) is 16.3 Å². The van der Waals surface area contributed by atoms with Gasteiger partial charge in [0, 0.05) is 26.7 Å². The first-order chi connectivity index (χ1) is 9.99. The van der Waals surface area contributed by atoms with Gasteiger partial charge in [-0.3, -0.25) is 9.42 Å². The van der Waals surface area contributed by atoms with E-state index in [1.165, 1.54) is 13.1 Å². The minimum Gasteiger partial charge on any atom is -0.378 e. The number of carbonyl (C=O) groups is 1. The van der Waals surface area contributed by atoms with E-state index in [9.17, 15) is 10.0 Å². The maximum atomic E-state index is 11.7. The number of nitrogens with zero attached hydrogens (tertiary/aromatic N) is 4. The van der Waals surface area contributed by atoms with Crippen molar-refractivity contribution in [3.8, 4) is 0 Å². The van der Waals surface area contributed by atoms with Crippen molar-refractivity contribution in [3.05, 3.63) is 46.4 Å². The molecule has 1 aromatic carbocycles. The van der Waals surface area contributed by atoms with Gasteiger partial charge in [0.1, 0.15) is 0 Å². The molecule has 0 unspecified atom stereocenters. The Morgan fingerprint density at radius 1 is 1.43 bits per heavy atom. The first-order valence-corrected chi connectivity index (χ1v) is 6.16. The Morgan fingerprint density at radius 3 is 2.62 bits per heavy atom. The molecule has 0 fully saturated rings. The van der Waals surface area contributed by atoms with Crippen LogP contribution in [0.25, 0.3) is 0 Å². The quantitative estimate of drug-likeness (QED) is 0.500. The monoisotopic (exact) mass is 289 g/mol. The molecule has 0 atom stereocenters. The van der Waals surface area contributed by atoms with E-state index in [0.717, 1.165) is 11.3 Å². The average Bonchev–Trinajstić information content (AvgIpc) is 2.79. The highest BCUT2D eigenvalue weighted by atomic mass is 16.8. The van der Waals surface area contributed by atoms with Crippen LogP contribution in [-0.4, -0.2) is 31.4 Å². The molecule has 1 aromatic heterocycles. The summed E-state index contributed by atoms with van der Waals surface area (Å²) in [6.07, 6.45) is 1.50. The lowest BCUT2D eigenvalue weighted by Gasteiger charge is -2.11. The fourth-order valence-electron chi connectivity index (χ4n) is 1.57. The van der Waals surface area contributed by atoms with E-state index < -0.39 is 5.91 Å². The molecule has 0 aliphatic carbocycles. The van der Waals surface area contributed by atoms with Crippen molar-refractivity contribution in [3.63, 3.8) is 0 Å². The number of aromatic nitrogens is 2. The number of hydrogen-bond acceptors (Lipinski definition) is 6. The van der Waals surface area contributed by atoms with Crippen LogP contribution in [0.2, 0.25) is 0 Å². The Bertz CT molecular complexity index is 661. The molecule has 0 bridgehead atoms. The zero-order valence-electron chi connectivity index (χ0n) is 11.9. The summed E-state index contributed by atoms with van der Waals surface area (Å²) in [4.78, 5) is 13.9. The van der Waals surface area contributed by atoms with Crippen molar-refractivity contribution in [1.82, 2.24) is 10.6 Å². The van der Waals surface area contributed by atoms with Gasteiger partial charge < -0.3 is 10.1 Å². The largest absolute Gasteiger partial charge is 0.378 e. The summed E-state index contributed by atoms with van der Waals surface area (Å²) < 4.78 is 4.31. The standard InChI is InChI=1S/C13H15N5O3/c1-9-12(16-21-18(9)20)13(19)15-14-8-10-4-6-11(7-5-10)17(2)3/h4-8H,1-3H3,(H,15,19)/b14-8-. The van der Waals surface area contributed by atoms with Crippen LogP contribution >= 0.6 is 0 Å². The second-order valence-corrected chi connectivity index (χ2v) is 4.55. The molecule has 0 radical (unpaired) electrons. The lowest BCUT2D eigenvalue weighted by Crippen LogP contribution is -2.28. The highest BCUT2D eigenvalue weighted by Gasteiger charge is 2.22. The maximum absolute atomic E-state index is 11.7. The fraction of sp³-hybridized carbons (Fsp3) is 0.231. The van der Waals surface area contributed by atoms with Crippen LogP contribution in [0, 0.1) is 12.1 Å². The summed E-state index contributed by atoms with van der Waals surface area (Å²) in [5, 5.41) is 18.2. The molecule has 1 heterocycles. The van der Waals surface area contributed by atoms with Gasteiger partial charge in [0.25, 0.3) is 0 Å². The minimum atomic E-state index is -0.605. The molecule has 110 valence electrons. The number of hydrazone groups is 1. The number of benzene rings is 1. The number of hydrogen-bond donors (Lipinski definition) is 1. The number of rotatable bonds is 4. The molecular weight excluding hydrogens is 274 g/mol. The summed E-state index contributed by atoms with van der Waals surface area (Å²) in [6.45, 7) is 1.43. The topological polar surface area (TPSA) is 97.7 Å². The van der Waals surface area contributed by atoms with Gasteiger partial charge >= 0.3 is 11.6 Å². The van der Waals surface area contributed by atoms with Crippen LogP contribution in [0.5, 0.6) is 0 Å². The maximum Gasteiger partial charge on any atom is 0.322 e. The van der Waals surface area contributed by atoms with E-state index >= 15 is 0 Å². The molecule has 2 aromatic rings. The third-order valence-corrected chi connectivity index (χ3v) is 2.83. The molecule has 1 amide bonds. The Kier molecular flexibility index (Phi) is 4.17. The van der Waals surface area contributed by atoms with Crippen LogP contribution in [0.15, 0.2) is 34.0 Å². The van der Waals surface area contributed by atoms with Gasteiger partial charge in [-0.25, -0.2) is 5.43 Å². The van der Waals surface area contributed by atoms with Crippen LogP contribution < -0.4 is 15.2 Å². The highest BCUT2D eigenvalue weighted by Crippen LogP contribution is 2.10. The summed E-state index contributed by atoms with van der Waals surface area (Å²) in [7, 11) is 3.90. The molecule has 0 spiro atoms. The van der Waals surface area contributed by atoms with E-state index in [1.54, 1.807) is 0 Å². The average molecular weight is 289 g/mol. The van der Waals surface area contributed by atoms with E-state index in [0.29, 0.717) is 0 Å². The number of anilines is 1. The molecule has 0 aliphatic rings. The second-order valence-electron chi connectivity index (χ2n) is 4.55. The van der Waals surface area contributed by atoms with Crippen molar-refractivity contribution in [2.24, 2.45) is 5.10 Å². The van der Waals surface area contributed by atoms with Crippen LogP contribution in [-0.2, 0) is 0 Å². The lowest BCUT2D eigenvalue weighted by molar-refractivity contribution is -0.806. The van der Waals surface area contributed by atoms with E-state index in [1.807, 2.05) is 43.3 Å². The first-order valence-electron chi connectivity index (χ1n) is 6.16. The zero-order chi connectivity index (χ0) is 15.4. The van der Waals surface area contributed by atoms with Gasteiger partial charge in [-0.05, 0) is 22.6 Å². The molecule has 1 N–H and O–H groups in total. The molecule has 21 heavy (non-hydrogen) atoms. The Labute approximate surface area is 121 Å². The zero-order valence-corrected chi connectivity index (χ0v) is 11.9. The third kappa shape index (κ3) is 3.35. The second kappa shape index (κ2) is 6.04. The molecule has 0 aliphatic heterocycles. The lowest BCUT2D eigenvalue weighted by atomic mass is 10.2. The number of amides is 1. The Balaban J connectivity index is 1.99. The summed E-state index contributed by atoms with van der Waals surface area (Å²) in [5.41, 5.74) is 4.17. The predicted octanol–water partition coefficient (Wildman–Crippen LogP) is 0.446. The predicted molar refractivity (Wildman–Crippen MR) is 76.0 cm³/mol. The molecular formula is C13H15N5O3. The van der Waals surface area contributed by atoms with Crippen molar-refractivity contribution >= 4 is 17.8 Å². The number of carbonyl (C=O) groups excluding carboxylic acids is 1. The van der Waals surface area contributed by atoms with Crippen molar-refractivity contribution in [2.45, 2.75) is 6.92 Å². The van der Waals surface area contributed by atoms with E-state index in [4.69, 9.17) is 0 Å². The van der Waals surface area contributed by atoms with Crippen molar-refractivity contribution in [1.29, 1.82) is 0 Å². The Morgan fingerprint density at radius 2 is 2.10 bits per heavy atom. The van der Waals surface area contributed by atoms with E-state index in [2.05, 4.69) is 20.3 Å². The van der Waals surface area contributed by atoms with Gasteiger partial charge in [0.15, 0.2) is 0 Å². The minimum absolute atomic E-state index is 0.0815. The van der Waals surface area contributed by atoms with Crippen molar-refractivity contribution in [2.75, 3.05) is 19.0 Å². The fourth-order valence-corrected chi connectivity index (χ4v) is 1.57. The van der Waals surface area contributed by atoms with Gasteiger partial charge in [-0.15, -0.1) is 0 Å². The van der Waals surface area contributed by atoms with Gasteiger partial charge in [-0.1, -0.05) is 12.1 Å².